The zero-order chi connectivity index (χ0) is 21.3. The number of hydrogen-bond donors (Lipinski definition) is 1. The molecule has 2 aliphatic rings. The molecule has 156 valence electrons. The Kier molecular flexibility index (Phi) is 5.35. The van der Waals surface area contributed by atoms with Crippen LogP contribution in [-0.2, 0) is 20.8 Å². The molecule has 1 saturated heterocycles. The number of benzene rings is 2. The highest BCUT2D eigenvalue weighted by molar-refractivity contribution is 6.39. The van der Waals surface area contributed by atoms with E-state index in [9.17, 15) is 23.2 Å². The molecule has 7 nitrogen and oxygen atoms in total. The Hall–Kier alpha value is -3.49. The number of amides is 2. The van der Waals surface area contributed by atoms with Crippen molar-refractivity contribution in [2.24, 2.45) is 0 Å². The van der Waals surface area contributed by atoms with E-state index in [4.69, 9.17) is 4.74 Å². The number of carbonyl (C=O) groups is 3. The van der Waals surface area contributed by atoms with Crippen molar-refractivity contribution in [3.8, 4) is 5.75 Å². The average molecular weight is 415 g/mol. The van der Waals surface area contributed by atoms with E-state index in [1.54, 1.807) is 12.1 Å². The first-order valence-electron chi connectivity index (χ1n) is 9.54. The van der Waals surface area contributed by atoms with Crippen molar-refractivity contribution in [3.63, 3.8) is 0 Å². The van der Waals surface area contributed by atoms with Gasteiger partial charge in [0.15, 0.2) is 11.6 Å². The number of carbonyl (C=O) groups excluding carboxylic acids is 3. The first-order valence-corrected chi connectivity index (χ1v) is 9.54. The molecule has 0 spiro atoms. The molecule has 2 amide bonds. The summed E-state index contributed by atoms with van der Waals surface area (Å²) in [7, 11) is 0. The quantitative estimate of drug-likeness (QED) is 0.462. The van der Waals surface area contributed by atoms with E-state index in [1.807, 2.05) is 4.90 Å². The van der Waals surface area contributed by atoms with Crippen molar-refractivity contribution in [1.82, 2.24) is 4.90 Å². The van der Waals surface area contributed by atoms with E-state index in [0.29, 0.717) is 43.2 Å². The Morgan fingerprint density at radius 2 is 1.80 bits per heavy atom. The van der Waals surface area contributed by atoms with Crippen LogP contribution in [0.25, 0.3) is 0 Å². The molecule has 0 aliphatic carbocycles. The third kappa shape index (κ3) is 4.10. The van der Waals surface area contributed by atoms with Crippen molar-refractivity contribution in [2.75, 3.05) is 36.4 Å². The fraction of sp³-hybridized carbons (Fsp3) is 0.286. The Bertz CT molecular complexity index is 1030. The average Bonchev–Trinajstić information content (AvgIpc) is 2.93. The summed E-state index contributed by atoms with van der Waals surface area (Å²) in [6.45, 7) is 1.58. The van der Waals surface area contributed by atoms with Crippen LogP contribution in [0.5, 0.6) is 5.75 Å². The summed E-state index contributed by atoms with van der Waals surface area (Å²) < 4.78 is 31.7. The van der Waals surface area contributed by atoms with E-state index in [0.717, 1.165) is 17.7 Å². The number of esters is 1. The van der Waals surface area contributed by atoms with Crippen LogP contribution >= 0.6 is 0 Å². The van der Waals surface area contributed by atoms with Crippen LogP contribution in [0.4, 0.5) is 20.2 Å². The predicted molar refractivity (Wildman–Crippen MR) is 104 cm³/mol. The van der Waals surface area contributed by atoms with E-state index in [-0.39, 0.29) is 18.9 Å². The molecule has 0 saturated carbocycles. The molecule has 0 aromatic heterocycles. The van der Waals surface area contributed by atoms with Crippen LogP contribution in [0.1, 0.15) is 12.0 Å². The minimum Gasteiger partial charge on any atom is -0.426 e. The van der Waals surface area contributed by atoms with Crippen LogP contribution < -0.4 is 15.0 Å². The zero-order valence-corrected chi connectivity index (χ0v) is 16.0. The van der Waals surface area contributed by atoms with E-state index in [2.05, 4.69) is 5.32 Å². The van der Waals surface area contributed by atoms with Crippen molar-refractivity contribution in [3.05, 3.63) is 53.6 Å². The van der Waals surface area contributed by atoms with Crippen molar-refractivity contribution >= 4 is 29.2 Å². The number of fused-ring (bicyclic) bond motifs is 1. The summed E-state index contributed by atoms with van der Waals surface area (Å²) in [5, 5.41) is 2.53. The van der Waals surface area contributed by atoms with Gasteiger partial charge in [0, 0.05) is 55.2 Å². The molecule has 2 aromatic rings. The number of hydrogen-bond acceptors (Lipinski definition) is 5. The third-order valence-corrected chi connectivity index (χ3v) is 5.13. The first kappa shape index (κ1) is 19.8. The third-order valence-electron chi connectivity index (χ3n) is 5.13. The zero-order valence-electron chi connectivity index (χ0n) is 16.0. The van der Waals surface area contributed by atoms with E-state index < -0.39 is 23.4 Å². The highest BCUT2D eigenvalue weighted by Gasteiger charge is 2.26. The molecule has 2 aliphatic heterocycles. The number of halogens is 2. The van der Waals surface area contributed by atoms with Gasteiger partial charge in [-0.05, 0) is 24.6 Å². The molecular formula is C21H19F2N3O4. The molecule has 0 bridgehead atoms. The lowest BCUT2D eigenvalue weighted by molar-refractivity contribution is -0.143. The van der Waals surface area contributed by atoms with Crippen molar-refractivity contribution in [2.45, 2.75) is 12.8 Å². The molecule has 2 aromatic carbocycles. The number of anilines is 2. The highest BCUT2D eigenvalue weighted by atomic mass is 19.2. The summed E-state index contributed by atoms with van der Waals surface area (Å²) in [6.07, 6.45) is 0.761. The van der Waals surface area contributed by atoms with Crippen LogP contribution in [0, 0.1) is 11.6 Å². The predicted octanol–water partition coefficient (Wildman–Crippen LogP) is 2.10. The maximum Gasteiger partial charge on any atom is 0.315 e. The Morgan fingerprint density at radius 1 is 0.967 bits per heavy atom. The van der Waals surface area contributed by atoms with Crippen molar-refractivity contribution < 1.29 is 27.9 Å². The summed E-state index contributed by atoms with van der Waals surface area (Å²) in [5.74, 6) is -3.30. The molecule has 4 rings (SSSR count). The van der Waals surface area contributed by atoms with Gasteiger partial charge in [-0.1, -0.05) is 6.07 Å². The topological polar surface area (TPSA) is 79.0 Å². The molecule has 9 heteroatoms. The normalized spacial score (nSPS) is 16.0. The fourth-order valence-corrected chi connectivity index (χ4v) is 3.58. The summed E-state index contributed by atoms with van der Waals surface area (Å²) in [4.78, 5) is 39.6. The summed E-state index contributed by atoms with van der Waals surface area (Å²) in [5.41, 5.74) is 1.62. The van der Waals surface area contributed by atoms with E-state index >= 15 is 0 Å². The minimum absolute atomic E-state index is 0.185. The maximum atomic E-state index is 13.5. The van der Waals surface area contributed by atoms with Gasteiger partial charge >= 0.3 is 17.8 Å². The number of rotatable bonds is 2. The Morgan fingerprint density at radius 3 is 2.60 bits per heavy atom. The Labute approximate surface area is 171 Å². The molecule has 2 heterocycles. The summed E-state index contributed by atoms with van der Waals surface area (Å²) >= 11 is 0. The lowest BCUT2D eigenvalue weighted by Crippen LogP contribution is -2.41. The number of nitrogens with one attached hydrogen (secondary N) is 1. The van der Waals surface area contributed by atoms with Gasteiger partial charge in [0.05, 0.1) is 6.42 Å². The molecular weight excluding hydrogens is 396 g/mol. The van der Waals surface area contributed by atoms with E-state index in [1.165, 1.54) is 17.0 Å². The molecule has 0 unspecified atom stereocenters. The molecule has 0 atom stereocenters. The summed E-state index contributed by atoms with van der Waals surface area (Å²) in [6, 6.07) is 8.48. The monoisotopic (exact) mass is 415 g/mol. The lowest BCUT2D eigenvalue weighted by atomic mass is 10.1. The second-order valence-corrected chi connectivity index (χ2v) is 7.16. The van der Waals surface area contributed by atoms with Crippen LogP contribution in [0.3, 0.4) is 0 Å². The van der Waals surface area contributed by atoms with Gasteiger partial charge in [0.2, 0.25) is 0 Å². The van der Waals surface area contributed by atoms with Crippen LogP contribution in [-0.4, -0.2) is 48.9 Å². The van der Waals surface area contributed by atoms with Gasteiger partial charge in [0.25, 0.3) is 0 Å². The Balaban J connectivity index is 1.37. The molecule has 1 fully saturated rings. The van der Waals surface area contributed by atoms with Crippen LogP contribution in [0.15, 0.2) is 36.4 Å². The minimum atomic E-state index is -0.927. The second-order valence-electron chi connectivity index (χ2n) is 7.16. The largest absolute Gasteiger partial charge is 0.426 e. The van der Waals surface area contributed by atoms with Gasteiger partial charge in [-0.3, -0.25) is 14.4 Å². The molecule has 1 N–H and O–H groups in total. The lowest BCUT2D eigenvalue weighted by Gasteiger charge is -2.23. The van der Waals surface area contributed by atoms with Crippen molar-refractivity contribution in [1.29, 1.82) is 0 Å². The SMILES string of the molecule is O=C1Cc2ccc(NC(=O)C(=O)N3CCCN(c4ccc(F)c(F)c4)CC3)cc2O1. The fourth-order valence-electron chi connectivity index (χ4n) is 3.58. The number of ether oxygens (including phenoxy) is 1. The van der Waals surface area contributed by atoms with Gasteiger partial charge < -0.3 is 19.9 Å². The maximum absolute atomic E-state index is 13.5. The molecule has 0 radical (unpaired) electrons. The van der Waals surface area contributed by atoms with Gasteiger partial charge in [-0.15, -0.1) is 0 Å². The standard InChI is InChI=1S/C21H19F2N3O4/c22-16-5-4-15(12-17(16)23)25-6-1-7-26(9-8-25)21(29)20(28)24-14-3-2-13-10-19(27)30-18(13)11-14/h2-5,11-12H,1,6-10H2,(H,24,28). The van der Waals surface area contributed by atoms with Gasteiger partial charge in [-0.25, -0.2) is 8.78 Å². The number of nitrogens with zero attached hydrogens (tertiary/aromatic N) is 2. The van der Waals surface area contributed by atoms with Gasteiger partial charge in [-0.2, -0.15) is 0 Å². The van der Waals surface area contributed by atoms with Gasteiger partial charge in [0.1, 0.15) is 5.75 Å². The highest BCUT2D eigenvalue weighted by Crippen LogP contribution is 2.29. The first-order chi connectivity index (χ1) is 14.4. The van der Waals surface area contributed by atoms with Crippen LogP contribution in [0.2, 0.25) is 0 Å². The second kappa shape index (κ2) is 8.10. The smallest absolute Gasteiger partial charge is 0.315 e. The molecule has 30 heavy (non-hydrogen) atoms.